The fraction of sp³-hybridized carbons (Fsp3) is 0.296. The van der Waals surface area contributed by atoms with Crippen molar-refractivity contribution in [2.75, 3.05) is 18.2 Å². The molecule has 0 saturated carbocycles. The first-order valence-corrected chi connectivity index (χ1v) is 11.3. The normalized spacial score (nSPS) is 10.6. The van der Waals surface area contributed by atoms with Crippen LogP contribution in [-0.2, 0) is 4.79 Å². The lowest BCUT2D eigenvalue weighted by Gasteiger charge is -2.08. The Balaban J connectivity index is 1.37. The van der Waals surface area contributed by atoms with Gasteiger partial charge < -0.3 is 15.8 Å². The number of hydrogen-bond donors (Lipinski definition) is 2. The number of nitrogen functional groups attached to an aromatic ring is 1. The average Bonchev–Trinajstić information content (AvgIpc) is 2.82. The van der Waals surface area contributed by atoms with E-state index in [1.807, 2.05) is 49.4 Å². The number of Topliss-reactive ketones (excluding diaryl/α,β-unsaturated/α-hetero) is 1. The number of carbonyl (C=O) groups excluding carboxylic acids is 2. The van der Waals surface area contributed by atoms with Gasteiger partial charge in [0.2, 0.25) is 5.91 Å². The standard InChI is InChI=1S/C27H31N3O3/c1-19-17-20(14-16-26(19)33-2)23-15-13-21(18-29-23)25(31)11-5-3-4-6-12-27(32)30-24-10-8-7-9-22(24)28/h7-10,13-18H,3-6,11-12,28H2,1-2H3,(H,30,32). The lowest BCUT2D eigenvalue weighted by Crippen LogP contribution is -2.12. The summed E-state index contributed by atoms with van der Waals surface area (Å²) in [5.74, 6) is 0.895. The molecule has 3 rings (SSSR count). The predicted octanol–water partition coefficient (Wildman–Crippen LogP) is 5.81. The summed E-state index contributed by atoms with van der Waals surface area (Å²) in [5.41, 5.74) is 10.5. The summed E-state index contributed by atoms with van der Waals surface area (Å²) < 4.78 is 5.30. The number of aromatic nitrogens is 1. The molecular formula is C27H31N3O3. The van der Waals surface area contributed by atoms with E-state index >= 15 is 0 Å². The topological polar surface area (TPSA) is 94.3 Å². The molecule has 0 unspecified atom stereocenters. The van der Waals surface area contributed by atoms with E-state index in [-0.39, 0.29) is 11.7 Å². The molecule has 0 bridgehead atoms. The van der Waals surface area contributed by atoms with Crippen LogP contribution in [0.25, 0.3) is 11.3 Å². The van der Waals surface area contributed by atoms with Crippen LogP contribution in [0.3, 0.4) is 0 Å². The Morgan fingerprint density at radius 2 is 1.73 bits per heavy atom. The van der Waals surface area contributed by atoms with E-state index in [4.69, 9.17) is 10.5 Å². The Morgan fingerprint density at radius 3 is 2.39 bits per heavy atom. The van der Waals surface area contributed by atoms with E-state index in [0.29, 0.717) is 29.8 Å². The predicted molar refractivity (Wildman–Crippen MR) is 132 cm³/mol. The van der Waals surface area contributed by atoms with E-state index in [1.54, 1.807) is 25.4 Å². The Hall–Kier alpha value is -3.67. The second kappa shape index (κ2) is 11.8. The smallest absolute Gasteiger partial charge is 0.224 e. The average molecular weight is 446 g/mol. The van der Waals surface area contributed by atoms with Crippen molar-refractivity contribution in [3.05, 3.63) is 71.9 Å². The second-order valence-corrected chi connectivity index (χ2v) is 8.09. The van der Waals surface area contributed by atoms with Crippen LogP contribution < -0.4 is 15.8 Å². The lowest BCUT2D eigenvalue weighted by molar-refractivity contribution is -0.116. The number of carbonyl (C=O) groups is 2. The molecule has 0 fully saturated rings. The van der Waals surface area contributed by atoms with Gasteiger partial charge in [0.25, 0.3) is 0 Å². The van der Waals surface area contributed by atoms with Crippen LogP contribution in [0.15, 0.2) is 60.8 Å². The van der Waals surface area contributed by atoms with Crippen molar-refractivity contribution in [2.45, 2.75) is 45.4 Å². The molecule has 33 heavy (non-hydrogen) atoms. The van der Waals surface area contributed by atoms with Gasteiger partial charge in [-0.2, -0.15) is 0 Å². The molecule has 6 nitrogen and oxygen atoms in total. The second-order valence-electron chi connectivity index (χ2n) is 8.09. The van der Waals surface area contributed by atoms with Crippen LogP contribution >= 0.6 is 0 Å². The number of ketones is 1. The fourth-order valence-corrected chi connectivity index (χ4v) is 3.66. The number of amides is 1. The largest absolute Gasteiger partial charge is 0.496 e. The monoisotopic (exact) mass is 445 g/mol. The van der Waals surface area contributed by atoms with Gasteiger partial charge in [-0.15, -0.1) is 0 Å². The quantitative estimate of drug-likeness (QED) is 0.221. The van der Waals surface area contributed by atoms with Crippen molar-refractivity contribution in [3.63, 3.8) is 0 Å². The van der Waals surface area contributed by atoms with E-state index < -0.39 is 0 Å². The van der Waals surface area contributed by atoms with Crippen LogP contribution in [-0.4, -0.2) is 23.8 Å². The highest BCUT2D eigenvalue weighted by Gasteiger charge is 2.09. The highest BCUT2D eigenvalue weighted by Crippen LogP contribution is 2.25. The Kier molecular flexibility index (Phi) is 8.58. The van der Waals surface area contributed by atoms with Crippen LogP contribution in [0, 0.1) is 6.92 Å². The third kappa shape index (κ3) is 6.91. The summed E-state index contributed by atoms with van der Waals surface area (Å²) in [6, 6.07) is 16.9. The van der Waals surface area contributed by atoms with E-state index in [9.17, 15) is 9.59 Å². The van der Waals surface area contributed by atoms with Gasteiger partial charge in [-0.3, -0.25) is 14.6 Å². The summed E-state index contributed by atoms with van der Waals surface area (Å²) in [5, 5.41) is 2.83. The van der Waals surface area contributed by atoms with Gasteiger partial charge in [0.05, 0.1) is 24.2 Å². The first-order chi connectivity index (χ1) is 16.0. The van der Waals surface area contributed by atoms with Crippen molar-refractivity contribution < 1.29 is 14.3 Å². The number of pyridine rings is 1. The maximum absolute atomic E-state index is 12.5. The molecule has 6 heteroatoms. The number of unbranched alkanes of at least 4 members (excludes halogenated alkanes) is 3. The number of nitrogens with two attached hydrogens (primary N) is 1. The Morgan fingerprint density at radius 1 is 0.970 bits per heavy atom. The maximum Gasteiger partial charge on any atom is 0.224 e. The molecule has 3 aromatic rings. The zero-order chi connectivity index (χ0) is 23.6. The van der Waals surface area contributed by atoms with Crippen molar-refractivity contribution in [2.24, 2.45) is 0 Å². The number of para-hydroxylation sites is 2. The van der Waals surface area contributed by atoms with Crippen molar-refractivity contribution in [1.29, 1.82) is 0 Å². The van der Waals surface area contributed by atoms with Gasteiger partial charge >= 0.3 is 0 Å². The minimum Gasteiger partial charge on any atom is -0.496 e. The maximum atomic E-state index is 12.5. The molecule has 1 amide bonds. The van der Waals surface area contributed by atoms with Gasteiger partial charge in [0.15, 0.2) is 5.78 Å². The van der Waals surface area contributed by atoms with Crippen molar-refractivity contribution in [1.82, 2.24) is 4.98 Å². The SMILES string of the molecule is COc1ccc(-c2ccc(C(=O)CCCCCCC(=O)Nc3ccccc3N)cn2)cc1C. The third-order valence-corrected chi connectivity index (χ3v) is 5.57. The van der Waals surface area contributed by atoms with Gasteiger partial charge in [-0.05, 0) is 67.8 Å². The number of nitrogens with one attached hydrogen (secondary N) is 1. The van der Waals surface area contributed by atoms with Gasteiger partial charge in [-0.1, -0.05) is 25.0 Å². The van der Waals surface area contributed by atoms with Crippen molar-refractivity contribution in [3.8, 4) is 17.0 Å². The fourth-order valence-electron chi connectivity index (χ4n) is 3.66. The number of aryl methyl sites for hydroxylation is 1. The molecule has 2 aromatic carbocycles. The highest BCUT2D eigenvalue weighted by atomic mass is 16.5. The van der Waals surface area contributed by atoms with Crippen LogP contribution in [0.5, 0.6) is 5.75 Å². The summed E-state index contributed by atoms with van der Waals surface area (Å²) in [6.45, 7) is 1.99. The molecule has 0 spiro atoms. The minimum absolute atomic E-state index is 0.0396. The van der Waals surface area contributed by atoms with Gasteiger partial charge in [0, 0.05) is 30.2 Å². The molecule has 0 aliphatic rings. The van der Waals surface area contributed by atoms with E-state index in [0.717, 1.165) is 48.3 Å². The number of ether oxygens (including phenoxy) is 1. The zero-order valence-electron chi connectivity index (χ0n) is 19.3. The summed E-state index contributed by atoms with van der Waals surface area (Å²) in [7, 11) is 1.65. The van der Waals surface area contributed by atoms with Crippen LogP contribution in [0.1, 0.15) is 54.4 Å². The number of rotatable bonds is 11. The molecule has 1 aromatic heterocycles. The third-order valence-electron chi connectivity index (χ3n) is 5.57. The van der Waals surface area contributed by atoms with Gasteiger partial charge in [0.1, 0.15) is 5.75 Å². The first-order valence-electron chi connectivity index (χ1n) is 11.3. The summed E-state index contributed by atoms with van der Waals surface area (Å²) in [6.07, 6.45) is 5.96. The number of hydrogen-bond acceptors (Lipinski definition) is 5. The molecule has 0 saturated heterocycles. The number of nitrogens with zero attached hydrogens (tertiary/aromatic N) is 1. The van der Waals surface area contributed by atoms with E-state index in [2.05, 4.69) is 10.3 Å². The lowest BCUT2D eigenvalue weighted by atomic mass is 10.0. The van der Waals surface area contributed by atoms with Crippen LogP contribution in [0.4, 0.5) is 11.4 Å². The number of anilines is 2. The molecule has 172 valence electrons. The summed E-state index contributed by atoms with van der Waals surface area (Å²) in [4.78, 5) is 29.0. The van der Waals surface area contributed by atoms with Gasteiger partial charge in [-0.25, -0.2) is 0 Å². The Bertz CT molecular complexity index is 1090. The molecule has 0 atom stereocenters. The zero-order valence-corrected chi connectivity index (χ0v) is 19.3. The number of benzene rings is 2. The first kappa shape index (κ1) is 24.0. The molecule has 3 N–H and O–H groups in total. The minimum atomic E-state index is -0.0396. The van der Waals surface area contributed by atoms with E-state index in [1.165, 1.54) is 0 Å². The van der Waals surface area contributed by atoms with Crippen LogP contribution in [0.2, 0.25) is 0 Å². The summed E-state index contributed by atoms with van der Waals surface area (Å²) >= 11 is 0. The Labute approximate surface area is 195 Å². The molecule has 0 aliphatic heterocycles. The number of methoxy groups -OCH3 is 1. The molecule has 1 heterocycles. The van der Waals surface area contributed by atoms with Crippen molar-refractivity contribution >= 4 is 23.1 Å². The molecule has 0 radical (unpaired) electrons. The highest BCUT2D eigenvalue weighted by molar-refractivity contribution is 5.96. The molecular weight excluding hydrogens is 414 g/mol. The molecule has 0 aliphatic carbocycles.